The van der Waals surface area contributed by atoms with Gasteiger partial charge in [0, 0.05) is 0 Å². The van der Waals surface area contributed by atoms with Crippen molar-refractivity contribution in [1.29, 1.82) is 0 Å². The summed E-state index contributed by atoms with van der Waals surface area (Å²) in [7, 11) is 0. The van der Waals surface area contributed by atoms with Gasteiger partial charge >= 0.3 is 0 Å². The average molecular weight is 250 g/mol. The van der Waals surface area contributed by atoms with E-state index < -0.39 is 0 Å². The molecule has 0 aliphatic rings. The van der Waals surface area contributed by atoms with Crippen molar-refractivity contribution >= 4 is 0 Å². The molecule has 0 aromatic heterocycles. The monoisotopic (exact) mass is 250 g/mol. The summed E-state index contributed by atoms with van der Waals surface area (Å²) in [4.78, 5) is 0. The number of unbranched alkanes of at least 4 members (excludes halogenated alkanes) is 6. The minimum Gasteiger partial charge on any atom is -0.0654 e. The summed E-state index contributed by atoms with van der Waals surface area (Å²) in [6.45, 7) is 8.93. The fourth-order valence-electron chi connectivity index (χ4n) is 1.38. The molecule has 18 heavy (non-hydrogen) atoms. The summed E-state index contributed by atoms with van der Waals surface area (Å²) >= 11 is 0. The van der Waals surface area contributed by atoms with E-state index in [9.17, 15) is 0 Å². The second-order valence-electron chi connectivity index (χ2n) is 4.57. The second-order valence-corrected chi connectivity index (χ2v) is 4.57. The largest absolute Gasteiger partial charge is 0.0654 e. The fourth-order valence-corrected chi connectivity index (χ4v) is 1.38. The number of benzene rings is 1. The van der Waals surface area contributed by atoms with Gasteiger partial charge in [-0.15, -0.1) is 0 Å². The molecule has 0 amide bonds. The molecule has 1 aromatic carbocycles. The van der Waals surface area contributed by atoms with Crippen LogP contribution in [0.1, 0.15) is 79.1 Å². The van der Waals surface area contributed by atoms with E-state index in [-0.39, 0.29) is 0 Å². The molecule has 0 fully saturated rings. The Labute approximate surface area is 116 Å². The fraction of sp³-hybridized carbons (Fsp3) is 0.667. The van der Waals surface area contributed by atoms with Crippen LogP contribution in [0.3, 0.4) is 0 Å². The average Bonchev–Trinajstić information content (AvgIpc) is 2.46. The van der Waals surface area contributed by atoms with Crippen LogP contribution in [0.15, 0.2) is 36.4 Å². The summed E-state index contributed by atoms with van der Waals surface area (Å²) < 4.78 is 0. The number of hydrogen-bond acceptors (Lipinski definition) is 0. The summed E-state index contributed by atoms with van der Waals surface area (Å²) in [5.74, 6) is 0. The van der Waals surface area contributed by atoms with Gasteiger partial charge in [0.2, 0.25) is 0 Å². The summed E-state index contributed by atoms with van der Waals surface area (Å²) in [5, 5.41) is 0. The maximum atomic E-state index is 2.23. The molecule has 0 N–H and O–H groups in total. The maximum absolute atomic E-state index is 2.23. The van der Waals surface area contributed by atoms with Gasteiger partial charge in [-0.1, -0.05) is 115 Å². The Kier molecular flexibility index (Phi) is 23.4. The smallest absolute Gasteiger partial charge is 0.0536 e. The third-order valence-electron chi connectivity index (χ3n) is 2.58. The van der Waals surface area contributed by atoms with Gasteiger partial charge in [0.05, 0.1) is 0 Å². The van der Waals surface area contributed by atoms with E-state index in [1.807, 2.05) is 36.4 Å². The molecular formula is C18H34. The molecule has 0 unspecified atom stereocenters. The van der Waals surface area contributed by atoms with Gasteiger partial charge < -0.3 is 0 Å². The molecule has 106 valence electrons. The molecule has 0 heteroatoms. The summed E-state index contributed by atoms with van der Waals surface area (Å²) in [6, 6.07) is 12.0. The topological polar surface area (TPSA) is 0 Å². The first-order chi connectivity index (χ1) is 8.83. The van der Waals surface area contributed by atoms with Gasteiger partial charge in [0.1, 0.15) is 0 Å². The molecule has 0 saturated carbocycles. The highest BCUT2D eigenvalue weighted by Crippen LogP contribution is 1.95. The zero-order chi connectivity index (χ0) is 13.9. The molecule has 0 spiro atoms. The van der Waals surface area contributed by atoms with E-state index in [4.69, 9.17) is 0 Å². The Morgan fingerprint density at radius 3 is 0.667 bits per heavy atom. The van der Waals surface area contributed by atoms with E-state index in [1.165, 1.54) is 51.4 Å². The molecule has 1 aromatic rings. The third-order valence-corrected chi connectivity index (χ3v) is 2.58. The lowest BCUT2D eigenvalue weighted by molar-refractivity contribution is 0.702. The van der Waals surface area contributed by atoms with Crippen molar-refractivity contribution in [3.8, 4) is 0 Å². The summed E-state index contributed by atoms with van der Waals surface area (Å²) in [6.07, 6.45) is 11.1. The second kappa shape index (κ2) is 21.5. The Morgan fingerprint density at radius 2 is 0.556 bits per heavy atom. The van der Waals surface area contributed by atoms with Crippen LogP contribution >= 0.6 is 0 Å². The Hall–Kier alpha value is -0.780. The highest BCUT2D eigenvalue weighted by atomic mass is 13.8. The molecular weight excluding hydrogens is 216 g/mol. The SMILES string of the molecule is CCCCCC.CCCCCC.c1ccccc1. The molecule has 0 heterocycles. The van der Waals surface area contributed by atoms with Crippen molar-refractivity contribution in [2.45, 2.75) is 79.1 Å². The Morgan fingerprint density at radius 1 is 0.389 bits per heavy atom. The molecule has 0 radical (unpaired) electrons. The van der Waals surface area contributed by atoms with Gasteiger partial charge in [-0.25, -0.2) is 0 Å². The van der Waals surface area contributed by atoms with Crippen LogP contribution in [-0.2, 0) is 0 Å². The van der Waals surface area contributed by atoms with Crippen molar-refractivity contribution in [3.05, 3.63) is 36.4 Å². The lowest BCUT2D eigenvalue weighted by Gasteiger charge is -1.86. The van der Waals surface area contributed by atoms with E-state index in [0.717, 1.165) is 0 Å². The summed E-state index contributed by atoms with van der Waals surface area (Å²) in [5.41, 5.74) is 0. The molecule has 1 rings (SSSR count). The van der Waals surface area contributed by atoms with Gasteiger partial charge in [-0.05, 0) is 0 Å². The number of rotatable bonds is 6. The predicted molar refractivity (Wildman–Crippen MR) is 86.1 cm³/mol. The minimum absolute atomic E-state index is 1.36. The van der Waals surface area contributed by atoms with Crippen LogP contribution in [0, 0.1) is 0 Å². The van der Waals surface area contributed by atoms with Gasteiger partial charge in [-0.3, -0.25) is 0 Å². The van der Waals surface area contributed by atoms with E-state index in [1.54, 1.807) is 0 Å². The first kappa shape index (κ1) is 19.6. The molecule has 0 saturated heterocycles. The standard InChI is InChI=1S/C6H6.2C6H14/c1-2-4-6-5-3-1;2*1-3-5-6-4-2/h1-6H;2*3-6H2,1-2H3. The number of hydrogen-bond donors (Lipinski definition) is 0. The van der Waals surface area contributed by atoms with Crippen LogP contribution in [0.5, 0.6) is 0 Å². The first-order valence-corrected chi connectivity index (χ1v) is 7.83. The molecule has 0 atom stereocenters. The van der Waals surface area contributed by atoms with Crippen molar-refractivity contribution in [3.63, 3.8) is 0 Å². The van der Waals surface area contributed by atoms with Crippen LogP contribution < -0.4 is 0 Å². The zero-order valence-electron chi connectivity index (χ0n) is 13.1. The zero-order valence-corrected chi connectivity index (χ0v) is 13.1. The highest BCUT2D eigenvalue weighted by Gasteiger charge is 1.75. The van der Waals surface area contributed by atoms with Crippen molar-refractivity contribution in [1.82, 2.24) is 0 Å². The molecule has 0 nitrogen and oxygen atoms in total. The van der Waals surface area contributed by atoms with Gasteiger partial charge in [-0.2, -0.15) is 0 Å². The van der Waals surface area contributed by atoms with E-state index >= 15 is 0 Å². The van der Waals surface area contributed by atoms with Crippen molar-refractivity contribution in [2.24, 2.45) is 0 Å². The quantitative estimate of drug-likeness (QED) is 0.484. The third kappa shape index (κ3) is 24.4. The van der Waals surface area contributed by atoms with Gasteiger partial charge in [0.25, 0.3) is 0 Å². The van der Waals surface area contributed by atoms with E-state index in [2.05, 4.69) is 27.7 Å². The molecule has 0 aliphatic heterocycles. The Bertz CT molecular complexity index is 148. The first-order valence-electron chi connectivity index (χ1n) is 7.83. The van der Waals surface area contributed by atoms with Crippen LogP contribution in [0.2, 0.25) is 0 Å². The van der Waals surface area contributed by atoms with Crippen molar-refractivity contribution in [2.75, 3.05) is 0 Å². The lowest BCUT2D eigenvalue weighted by atomic mass is 10.2. The van der Waals surface area contributed by atoms with Gasteiger partial charge in [0.15, 0.2) is 0 Å². The van der Waals surface area contributed by atoms with Crippen LogP contribution in [0.25, 0.3) is 0 Å². The highest BCUT2D eigenvalue weighted by molar-refractivity contribution is 4.99. The van der Waals surface area contributed by atoms with Crippen LogP contribution in [-0.4, -0.2) is 0 Å². The van der Waals surface area contributed by atoms with Crippen molar-refractivity contribution < 1.29 is 0 Å². The normalized spacial score (nSPS) is 8.67. The van der Waals surface area contributed by atoms with Crippen LogP contribution in [0.4, 0.5) is 0 Å². The lowest BCUT2D eigenvalue weighted by Crippen LogP contribution is -1.66. The minimum atomic E-state index is 1.36. The molecule has 0 bridgehead atoms. The maximum Gasteiger partial charge on any atom is -0.0536 e. The molecule has 0 aliphatic carbocycles. The Balaban J connectivity index is 0. The predicted octanol–water partition coefficient (Wildman–Crippen LogP) is 6.86. The van der Waals surface area contributed by atoms with E-state index in [0.29, 0.717) is 0 Å².